The predicted molar refractivity (Wildman–Crippen MR) is 194 cm³/mol. The molecule has 0 amide bonds. The van der Waals surface area contributed by atoms with Gasteiger partial charge in [0, 0.05) is 65.3 Å². The van der Waals surface area contributed by atoms with Crippen molar-refractivity contribution in [3.63, 3.8) is 0 Å². The minimum atomic E-state index is -0.244. The van der Waals surface area contributed by atoms with Crippen molar-refractivity contribution in [2.45, 2.75) is 78.8 Å². The van der Waals surface area contributed by atoms with Gasteiger partial charge in [0.25, 0.3) is 0 Å². The molecule has 3 nitrogen and oxygen atoms in total. The average molecular weight is 610 g/mol. The van der Waals surface area contributed by atoms with Crippen LogP contribution in [0, 0.1) is 5.41 Å². The van der Waals surface area contributed by atoms with E-state index >= 15 is 0 Å². The molecule has 44 heavy (non-hydrogen) atoms. The summed E-state index contributed by atoms with van der Waals surface area (Å²) in [6.45, 7) is 25.3. The van der Waals surface area contributed by atoms with E-state index in [-0.39, 0.29) is 16.9 Å². The SMILES string of the molecule is C=CC(=C)C(C)(C)/C(=C\C=C1/CCC(/C=C/C2N(C)c3ccc(Cl)cc3C2(C)C)=C1N(C)c1ccccc1)N(CC)C(C)C. The van der Waals surface area contributed by atoms with Crippen molar-refractivity contribution in [3.05, 3.63) is 131 Å². The number of likely N-dealkylation sites (N-methyl/N-ethyl adjacent to an activating group) is 2. The molecule has 2 aromatic carbocycles. The minimum Gasteiger partial charge on any atom is -0.372 e. The molecule has 4 rings (SSSR count). The van der Waals surface area contributed by atoms with Gasteiger partial charge in [-0.2, -0.15) is 0 Å². The molecule has 2 aromatic rings. The fraction of sp³-hybridized carbons (Fsp3) is 0.400. The Hall–Kier alpha value is -3.43. The van der Waals surface area contributed by atoms with Gasteiger partial charge in [0.05, 0.1) is 6.04 Å². The fourth-order valence-electron chi connectivity index (χ4n) is 7.03. The summed E-state index contributed by atoms with van der Waals surface area (Å²) in [5.74, 6) is 0. The van der Waals surface area contributed by atoms with Gasteiger partial charge in [0.1, 0.15) is 0 Å². The maximum atomic E-state index is 6.43. The van der Waals surface area contributed by atoms with E-state index in [9.17, 15) is 0 Å². The average Bonchev–Trinajstić information content (AvgIpc) is 3.47. The molecule has 4 heteroatoms. The summed E-state index contributed by atoms with van der Waals surface area (Å²) in [7, 11) is 4.39. The molecule has 1 heterocycles. The molecule has 0 aromatic heterocycles. The maximum absolute atomic E-state index is 6.43. The summed E-state index contributed by atoms with van der Waals surface area (Å²) < 4.78 is 0. The Kier molecular flexibility index (Phi) is 10.1. The lowest BCUT2D eigenvalue weighted by Crippen LogP contribution is -2.37. The van der Waals surface area contributed by atoms with E-state index in [0.29, 0.717) is 6.04 Å². The molecule has 0 saturated carbocycles. The summed E-state index contributed by atoms with van der Waals surface area (Å²) in [5.41, 5.74) is 9.73. The first-order chi connectivity index (χ1) is 20.7. The number of rotatable bonds is 11. The molecule has 2 aliphatic rings. The molecule has 1 atom stereocenters. The smallest absolute Gasteiger partial charge is 0.0565 e. The van der Waals surface area contributed by atoms with Gasteiger partial charge in [-0.25, -0.2) is 0 Å². The lowest BCUT2D eigenvalue weighted by Gasteiger charge is -2.40. The summed E-state index contributed by atoms with van der Waals surface area (Å²) in [6, 6.07) is 17.6. The van der Waals surface area contributed by atoms with Crippen LogP contribution in [0.15, 0.2) is 120 Å². The molecule has 234 valence electrons. The number of para-hydroxylation sites is 1. The maximum Gasteiger partial charge on any atom is 0.0565 e. The van der Waals surface area contributed by atoms with Crippen LogP contribution >= 0.6 is 11.6 Å². The highest BCUT2D eigenvalue weighted by atomic mass is 35.5. The minimum absolute atomic E-state index is 0.0635. The monoisotopic (exact) mass is 609 g/mol. The Labute approximate surface area is 272 Å². The Morgan fingerprint density at radius 1 is 1.14 bits per heavy atom. The van der Waals surface area contributed by atoms with Crippen LogP contribution in [-0.4, -0.2) is 37.6 Å². The van der Waals surface area contributed by atoms with Crippen molar-refractivity contribution in [1.82, 2.24) is 4.90 Å². The normalized spacial score (nSPS) is 19.3. The molecule has 0 bridgehead atoms. The van der Waals surface area contributed by atoms with Gasteiger partial charge in [0.15, 0.2) is 0 Å². The van der Waals surface area contributed by atoms with E-state index in [4.69, 9.17) is 11.6 Å². The zero-order valence-corrected chi connectivity index (χ0v) is 29.2. The van der Waals surface area contributed by atoms with Crippen molar-refractivity contribution in [2.24, 2.45) is 5.41 Å². The second kappa shape index (κ2) is 13.3. The van der Waals surface area contributed by atoms with E-state index in [1.807, 2.05) is 12.1 Å². The van der Waals surface area contributed by atoms with Crippen molar-refractivity contribution in [1.29, 1.82) is 0 Å². The van der Waals surface area contributed by atoms with Crippen LogP contribution in [0.25, 0.3) is 0 Å². The number of hydrogen-bond donors (Lipinski definition) is 0. The van der Waals surface area contributed by atoms with E-state index in [0.717, 1.165) is 30.0 Å². The van der Waals surface area contributed by atoms with Crippen LogP contribution < -0.4 is 9.80 Å². The fourth-order valence-corrected chi connectivity index (χ4v) is 7.20. The molecule has 0 saturated heterocycles. The van der Waals surface area contributed by atoms with Gasteiger partial charge in [-0.15, -0.1) is 0 Å². The molecule has 1 aliphatic carbocycles. The molecule has 0 radical (unpaired) electrons. The number of hydrogen-bond acceptors (Lipinski definition) is 3. The molecular weight excluding hydrogens is 558 g/mol. The van der Waals surface area contributed by atoms with E-state index in [2.05, 4.69) is 157 Å². The van der Waals surface area contributed by atoms with Crippen LogP contribution in [0.4, 0.5) is 11.4 Å². The number of benzene rings is 2. The largest absolute Gasteiger partial charge is 0.372 e. The zero-order chi connectivity index (χ0) is 32.4. The highest BCUT2D eigenvalue weighted by Gasteiger charge is 2.41. The standard InChI is InChI=1S/C40H52ClN3/c1-12-29(5)39(6,7)37(44(13-2)28(3)4)26-22-31-20-19-30(38(31)42(10)33-17-15-14-16-18-33)21-25-36-40(8,9)34-27-32(41)23-24-35(34)43(36)11/h12,14-18,21-28,36H,1,5,13,19-20H2,2-4,6-11H3/b25-21+,31-22+,37-26+. The summed E-state index contributed by atoms with van der Waals surface area (Å²) in [6.07, 6.45) is 13.4. The molecular formula is C40H52ClN3. The lowest BCUT2D eigenvalue weighted by molar-refractivity contribution is 0.244. The summed E-state index contributed by atoms with van der Waals surface area (Å²) >= 11 is 6.43. The topological polar surface area (TPSA) is 9.72 Å². The number of anilines is 2. The quantitative estimate of drug-likeness (QED) is 0.235. The summed E-state index contributed by atoms with van der Waals surface area (Å²) in [4.78, 5) is 7.23. The van der Waals surface area contributed by atoms with Crippen molar-refractivity contribution in [3.8, 4) is 0 Å². The molecule has 0 spiro atoms. The Bertz CT molecular complexity index is 1500. The first-order valence-corrected chi connectivity index (χ1v) is 16.4. The van der Waals surface area contributed by atoms with E-state index < -0.39 is 0 Å². The van der Waals surface area contributed by atoms with Gasteiger partial charge in [-0.1, -0.05) is 95.0 Å². The van der Waals surface area contributed by atoms with E-state index in [1.54, 1.807) is 0 Å². The van der Waals surface area contributed by atoms with Crippen molar-refractivity contribution < 1.29 is 0 Å². The number of allylic oxidation sites excluding steroid dienone is 7. The predicted octanol–water partition coefficient (Wildman–Crippen LogP) is 10.5. The Morgan fingerprint density at radius 3 is 2.43 bits per heavy atom. The highest BCUT2D eigenvalue weighted by Crippen LogP contribution is 2.46. The summed E-state index contributed by atoms with van der Waals surface area (Å²) in [5, 5.41) is 0.793. The Morgan fingerprint density at radius 2 is 1.82 bits per heavy atom. The third-order valence-electron chi connectivity index (χ3n) is 9.83. The molecule has 0 N–H and O–H groups in total. The highest BCUT2D eigenvalue weighted by molar-refractivity contribution is 6.30. The molecule has 0 fully saturated rings. The van der Waals surface area contributed by atoms with Crippen LogP contribution in [0.2, 0.25) is 5.02 Å². The third kappa shape index (κ3) is 6.35. The van der Waals surface area contributed by atoms with Gasteiger partial charge in [-0.05, 0) is 92.3 Å². The van der Waals surface area contributed by atoms with Crippen LogP contribution in [0.1, 0.15) is 66.9 Å². The second-order valence-electron chi connectivity index (χ2n) is 13.5. The first-order valence-electron chi connectivity index (χ1n) is 16.0. The third-order valence-corrected chi connectivity index (χ3v) is 10.1. The Balaban J connectivity index is 1.82. The van der Waals surface area contributed by atoms with Crippen molar-refractivity contribution >= 4 is 23.0 Å². The second-order valence-corrected chi connectivity index (χ2v) is 14.0. The number of nitrogens with zero attached hydrogens (tertiary/aromatic N) is 3. The van der Waals surface area contributed by atoms with Crippen LogP contribution in [-0.2, 0) is 5.41 Å². The number of fused-ring (bicyclic) bond motifs is 1. The van der Waals surface area contributed by atoms with Gasteiger partial charge in [0.2, 0.25) is 0 Å². The van der Waals surface area contributed by atoms with Crippen LogP contribution in [0.5, 0.6) is 0 Å². The zero-order valence-electron chi connectivity index (χ0n) is 28.4. The van der Waals surface area contributed by atoms with Gasteiger partial charge >= 0.3 is 0 Å². The molecule has 1 aliphatic heterocycles. The molecule has 1 unspecified atom stereocenters. The van der Waals surface area contributed by atoms with E-state index in [1.165, 1.54) is 39.5 Å². The lowest BCUT2D eigenvalue weighted by atomic mass is 9.80. The first kappa shape index (κ1) is 33.5. The van der Waals surface area contributed by atoms with Crippen LogP contribution in [0.3, 0.4) is 0 Å². The number of halogens is 1. The van der Waals surface area contributed by atoms with Gasteiger partial charge in [-0.3, -0.25) is 0 Å². The van der Waals surface area contributed by atoms with Crippen molar-refractivity contribution in [2.75, 3.05) is 30.4 Å². The van der Waals surface area contributed by atoms with Gasteiger partial charge < -0.3 is 14.7 Å².